The molecule has 0 aliphatic rings. The molecule has 0 saturated carbocycles. The van der Waals surface area contributed by atoms with Crippen molar-refractivity contribution in [1.29, 1.82) is 0 Å². The van der Waals surface area contributed by atoms with Crippen molar-refractivity contribution in [1.82, 2.24) is 9.80 Å². The van der Waals surface area contributed by atoms with Gasteiger partial charge >= 0.3 is 0 Å². The Hall–Kier alpha value is -1.06. The Labute approximate surface area is 74.6 Å². The molecule has 0 heterocycles. The fourth-order valence-electron chi connectivity index (χ4n) is 0.558. The van der Waals surface area contributed by atoms with Crippen LogP contribution in [0.25, 0.3) is 0 Å². The fourth-order valence-corrected chi connectivity index (χ4v) is 0.558. The summed E-state index contributed by atoms with van der Waals surface area (Å²) < 4.78 is 0. The van der Waals surface area contributed by atoms with E-state index >= 15 is 0 Å². The Morgan fingerprint density at radius 3 is 1.42 bits per heavy atom. The summed E-state index contributed by atoms with van der Waals surface area (Å²) in [5.74, 6) is 0. The maximum atomic E-state index is 4.14. The van der Waals surface area contributed by atoms with Crippen molar-refractivity contribution in [3.8, 4) is 0 Å². The van der Waals surface area contributed by atoms with Crippen molar-refractivity contribution < 1.29 is 0 Å². The average molecular weight is 170 g/mol. The number of hydrogen-bond donors (Lipinski definition) is 0. The molecule has 12 heavy (non-hydrogen) atoms. The lowest BCUT2D eigenvalue weighted by molar-refractivity contribution is 0.634. The van der Waals surface area contributed by atoms with Crippen LogP contribution in [0.4, 0.5) is 0 Å². The van der Waals surface area contributed by atoms with E-state index in [2.05, 4.69) is 9.98 Å². The van der Waals surface area contributed by atoms with Crippen molar-refractivity contribution in [2.45, 2.75) is 0 Å². The molecule has 0 aromatic carbocycles. The van der Waals surface area contributed by atoms with Gasteiger partial charge in [0.05, 0.1) is 25.8 Å². The van der Waals surface area contributed by atoms with Crippen LogP contribution in [-0.4, -0.2) is 63.8 Å². The van der Waals surface area contributed by atoms with E-state index < -0.39 is 0 Å². The minimum Gasteiger partial charge on any atom is -0.369 e. The highest BCUT2D eigenvalue weighted by molar-refractivity contribution is 5.54. The van der Waals surface area contributed by atoms with Gasteiger partial charge in [0.15, 0.2) is 0 Å². The quantitative estimate of drug-likeness (QED) is 0.334. The summed E-state index contributed by atoms with van der Waals surface area (Å²) in [6.45, 7) is 1.50. The lowest BCUT2D eigenvalue weighted by Gasteiger charge is -2.02. The molecular formula is C8H18N4. The molecule has 0 unspecified atom stereocenters. The Morgan fingerprint density at radius 1 is 0.833 bits per heavy atom. The van der Waals surface area contributed by atoms with Gasteiger partial charge in [0.2, 0.25) is 0 Å². The minimum atomic E-state index is 0.752. The van der Waals surface area contributed by atoms with Gasteiger partial charge in [-0.15, -0.1) is 0 Å². The summed E-state index contributed by atoms with van der Waals surface area (Å²) in [6.07, 6.45) is 3.59. The highest BCUT2D eigenvalue weighted by Crippen LogP contribution is 1.74. The second-order valence-corrected chi connectivity index (χ2v) is 2.97. The van der Waals surface area contributed by atoms with Crippen molar-refractivity contribution in [3.05, 3.63) is 0 Å². The zero-order chi connectivity index (χ0) is 9.40. The van der Waals surface area contributed by atoms with Gasteiger partial charge in [-0.2, -0.15) is 0 Å². The van der Waals surface area contributed by atoms with Crippen LogP contribution in [0.5, 0.6) is 0 Å². The molecule has 0 aromatic heterocycles. The molecule has 0 rings (SSSR count). The first-order chi connectivity index (χ1) is 5.63. The molecule has 0 aliphatic carbocycles. The summed E-state index contributed by atoms with van der Waals surface area (Å²) in [5, 5.41) is 0. The van der Waals surface area contributed by atoms with E-state index in [0.29, 0.717) is 0 Å². The predicted octanol–water partition coefficient (Wildman–Crippen LogP) is 0.166. The monoisotopic (exact) mass is 170 g/mol. The third-order valence-corrected chi connectivity index (χ3v) is 0.983. The molecule has 0 radical (unpaired) electrons. The van der Waals surface area contributed by atoms with Crippen molar-refractivity contribution in [2.75, 3.05) is 41.3 Å². The molecular weight excluding hydrogens is 152 g/mol. The Kier molecular flexibility index (Phi) is 6.05. The largest absolute Gasteiger partial charge is 0.369 e. The zero-order valence-corrected chi connectivity index (χ0v) is 8.36. The van der Waals surface area contributed by atoms with Gasteiger partial charge in [0, 0.05) is 28.2 Å². The highest BCUT2D eigenvalue weighted by Gasteiger charge is 1.79. The molecule has 0 aliphatic heterocycles. The maximum absolute atomic E-state index is 4.14. The lowest BCUT2D eigenvalue weighted by atomic mass is 10.6. The van der Waals surface area contributed by atoms with E-state index in [0.717, 1.165) is 13.1 Å². The van der Waals surface area contributed by atoms with Crippen LogP contribution in [0.3, 0.4) is 0 Å². The van der Waals surface area contributed by atoms with E-state index in [-0.39, 0.29) is 0 Å². The van der Waals surface area contributed by atoms with E-state index in [1.54, 1.807) is 12.7 Å². The number of aliphatic imine (C=N–C) groups is 2. The van der Waals surface area contributed by atoms with Gasteiger partial charge in [-0.1, -0.05) is 0 Å². The minimum absolute atomic E-state index is 0.752. The maximum Gasteiger partial charge on any atom is 0.0845 e. The molecule has 4 nitrogen and oxygen atoms in total. The van der Waals surface area contributed by atoms with Gasteiger partial charge in [0.1, 0.15) is 0 Å². The molecule has 0 fully saturated rings. The molecule has 0 atom stereocenters. The van der Waals surface area contributed by atoms with Gasteiger partial charge in [0.25, 0.3) is 0 Å². The summed E-state index contributed by atoms with van der Waals surface area (Å²) in [5.41, 5.74) is 0. The normalized spacial score (nSPS) is 11.3. The molecule has 0 aromatic rings. The van der Waals surface area contributed by atoms with E-state index in [9.17, 15) is 0 Å². The standard InChI is InChI=1S/C8H18N4/c1-11(2)7-9-5-6-10-8-12(3)4/h7-8H,5-6H2,1-4H3. The second kappa shape index (κ2) is 6.64. The first-order valence-corrected chi connectivity index (χ1v) is 3.95. The first kappa shape index (κ1) is 10.9. The van der Waals surface area contributed by atoms with Gasteiger partial charge in [-0.05, 0) is 0 Å². The lowest BCUT2D eigenvalue weighted by Crippen LogP contribution is -2.10. The Balaban J connectivity index is 3.32. The van der Waals surface area contributed by atoms with E-state index in [4.69, 9.17) is 0 Å². The topological polar surface area (TPSA) is 31.2 Å². The molecule has 4 heteroatoms. The van der Waals surface area contributed by atoms with Gasteiger partial charge < -0.3 is 9.80 Å². The SMILES string of the molecule is CN(C)C=NCCN=CN(C)C. The summed E-state index contributed by atoms with van der Waals surface area (Å²) in [7, 11) is 7.80. The van der Waals surface area contributed by atoms with Crippen LogP contribution in [0, 0.1) is 0 Å². The fraction of sp³-hybridized carbons (Fsp3) is 0.750. The van der Waals surface area contributed by atoms with E-state index in [1.165, 1.54) is 0 Å². The number of rotatable bonds is 5. The van der Waals surface area contributed by atoms with Crippen LogP contribution in [-0.2, 0) is 0 Å². The highest BCUT2D eigenvalue weighted by atomic mass is 15.1. The van der Waals surface area contributed by atoms with Crippen molar-refractivity contribution in [3.63, 3.8) is 0 Å². The number of hydrogen-bond acceptors (Lipinski definition) is 2. The third-order valence-electron chi connectivity index (χ3n) is 0.983. The van der Waals surface area contributed by atoms with Crippen molar-refractivity contribution >= 4 is 12.7 Å². The number of nitrogens with zero attached hydrogens (tertiary/aromatic N) is 4. The molecule has 70 valence electrons. The van der Waals surface area contributed by atoms with Crippen LogP contribution >= 0.6 is 0 Å². The zero-order valence-electron chi connectivity index (χ0n) is 8.36. The van der Waals surface area contributed by atoms with Crippen LogP contribution in [0.15, 0.2) is 9.98 Å². The Morgan fingerprint density at radius 2 is 1.17 bits per heavy atom. The summed E-state index contributed by atoms with van der Waals surface area (Å²) in [6, 6.07) is 0. The van der Waals surface area contributed by atoms with Crippen LogP contribution in [0.2, 0.25) is 0 Å². The molecule has 0 spiro atoms. The van der Waals surface area contributed by atoms with Crippen LogP contribution in [0.1, 0.15) is 0 Å². The second-order valence-electron chi connectivity index (χ2n) is 2.97. The smallest absolute Gasteiger partial charge is 0.0845 e. The average Bonchev–Trinajstić information content (AvgIpc) is 1.95. The van der Waals surface area contributed by atoms with Crippen LogP contribution < -0.4 is 0 Å². The predicted molar refractivity (Wildman–Crippen MR) is 54.1 cm³/mol. The summed E-state index contributed by atoms with van der Waals surface area (Å²) >= 11 is 0. The molecule has 0 bridgehead atoms. The third kappa shape index (κ3) is 8.94. The molecule has 0 N–H and O–H groups in total. The molecule has 0 amide bonds. The van der Waals surface area contributed by atoms with Gasteiger partial charge in [-0.25, -0.2) is 0 Å². The summed E-state index contributed by atoms with van der Waals surface area (Å²) in [4.78, 5) is 12.1. The molecule has 0 saturated heterocycles. The van der Waals surface area contributed by atoms with Gasteiger partial charge in [-0.3, -0.25) is 9.98 Å². The Bertz CT molecular complexity index is 131. The first-order valence-electron chi connectivity index (χ1n) is 3.95. The van der Waals surface area contributed by atoms with Crippen molar-refractivity contribution in [2.24, 2.45) is 9.98 Å². The van der Waals surface area contributed by atoms with E-state index in [1.807, 2.05) is 38.0 Å².